The summed E-state index contributed by atoms with van der Waals surface area (Å²) in [6.07, 6.45) is 5.65. The van der Waals surface area contributed by atoms with Crippen molar-refractivity contribution in [3.05, 3.63) is 16.1 Å². The molecule has 0 unspecified atom stereocenters. The number of aromatic nitrogens is 1. The summed E-state index contributed by atoms with van der Waals surface area (Å²) in [5, 5.41) is 10.1. The Hall–Kier alpha value is -1.14. The quantitative estimate of drug-likeness (QED) is 0.532. The largest absolute Gasteiger partial charge is 0.355 e. The summed E-state index contributed by atoms with van der Waals surface area (Å²) in [7, 11) is 1.83. The lowest BCUT2D eigenvalue weighted by Crippen LogP contribution is -2.42. The SMILES string of the molecule is CN=C(NCCN(CC1CC1)C1CC1)NCc1nc(C(C)C)cs1. The summed E-state index contributed by atoms with van der Waals surface area (Å²) in [5.74, 6) is 2.34. The van der Waals surface area contributed by atoms with E-state index in [0.29, 0.717) is 5.92 Å². The lowest BCUT2D eigenvalue weighted by Gasteiger charge is -2.22. The molecule has 3 rings (SSSR count). The van der Waals surface area contributed by atoms with Crippen molar-refractivity contribution in [1.82, 2.24) is 20.5 Å². The minimum atomic E-state index is 0.493. The van der Waals surface area contributed by atoms with E-state index in [4.69, 9.17) is 0 Å². The van der Waals surface area contributed by atoms with E-state index in [0.717, 1.165) is 42.6 Å². The molecule has 2 aliphatic rings. The van der Waals surface area contributed by atoms with Gasteiger partial charge in [-0.25, -0.2) is 4.98 Å². The van der Waals surface area contributed by atoms with Crippen LogP contribution < -0.4 is 10.6 Å². The lowest BCUT2D eigenvalue weighted by molar-refractivity contribution is 0.256. The third-order valence-electron chi connectivity index (χ3n) is 4.74. The average Bonchev–Trinajstić information content (AvgIpc) is 3.48. The van der Waals surface area contributed by atoms with Crippen molar-refractivity contribution in [3.8, 4) is 0 Å². The van der Waals surface area contributed by atoms with E-state index in [1.165, 1.54) is 37.9 Å². The Morgan fingerprint density at radius 2 is 2.12 bits per heavy atom. The number of thiazole rings is 1. The van der Waals surface area contributed by atoms with Crippen molar-refractivity contribution in [2.45, 2.75) is 58.0 Å². The normalized spacial score (nSPS) is 18.5. The zero-order chi connectivity index (χ0) is 16.9. The second kappa shape index (κ2) is 8.30. The van der Waals surface area contributed by atoms with E-state index >= 15 is 0 Å². The summed E-state index contributed by atoms with van der Waals surface area (Å²) < 4.78 is 0. The molecule has 0 bridgehead atoms. The van der Waals surface area contributed by atoms with Gasteiger partial charge in [-0.15, -0.1) is 11.3 Å². The Morgan fingerprint density at radius 3 is 2.71 bits per heavy atom. The first-order valence-electron chi connectivity index (χ1n) is 9.28. The minimum absolute atomic E-state index is 0.493. The van der Waals surface area contributed by atoms with Crippen LogP contribution in [0.1, 0.15) is 56.2 Å². The smallest absolute Gasteiger partial charge is 0.191 e. The molecule has 0 saturated heterocycles. The first kappa shape index (κ1) is 17.7. The number of nitrogens with zero attached hydrogens (tertiary/aromatic N) is 3. The van der Waals surface area contributed by atoms with Gasteiger partial charge in [0.1, 0.15) is 5.01 Å². The topological polar surface area (TPSA) is 52.6 Å². The molecule has 1 heterocycles. The highest BCUT2D eigenvalue weighted by Crippen LogP contribution is 2.34. The number of hydrogen-bond donors (Lipinski definition) is 2. The van der Waals surface area contributed by atoms with Crippen LogP contribution >= 0.6 is 11.3 Å². The third kappa shape index (κ3) is 5.45. The summed E-state index contributed by atoms with van der Waals surface area (Å²) in [6, 6.07) is 0.854. The van der Waals surface area contributed by atoms with Gasteiger partial charge in [0.25, 0.3) is 0 Å². The molecular formula is C18H31N5S. The molecule has 24 heavy (non-hydrogen) atoms. The zero-order valence-corrected chi connectivity index (χ0v) is 16.0. The maximum Gasteiger partial charge on any atom is 0.191 e. The summed E-state index contributed by atoms with van der Waals surface area (Å²) in [6.45, 7) is 8.48. The molecule has 5 nitrogen and oxygen atoms in total. The molecule has 0 aromatic carbocycles. The van der Waals surface area contributed by atoms with Crippen LogP contribution in [-0.4, -0.2) is 48.6 Å². The first-order valence-corrected chi connectivity index (χ1v) is 10.2. The molecule has 1 aromatic rings. The van der Waals surface area contributed by atoms with E-state index < -0.39 is 0 Å². The molecule has 2 saturated carbocycles. The van der Waals surface area contributed by atoms with Gasteiger partial charge < -0.3 is 10.6 Å². The van der Waals surface area contributed by atoms with Gasteiger partial charge in [0.2, 0.25) is 0 Å². The Bertz CT molecular complexity index is 545. The van der Waals surface area contributed by atoms with E-state index in [-0.39, 0.29) is 0 Å². The van der Waals surface area contributed by atoms with Crippen molar-refractivity contribution in [3.63, 3.8) is 0 Å². The van der Waals surface area contributed by atoms with Gasteiger partial charge in [-0.3, -0.25) is 9.89 Å². The van der Waals surface area contributed by atoms with Crippen molar-refractivity contribution in [1.29, 1.82) is 0 Å². The van der Waals surface area contributed by atoms with Gasteiger partial charge in [-0.2, -0.15) is 0 Å². The fourth-order valence-corrected chi connectivity index (χ4v) is 3.76. The zero-order valence-electron chi connectivity index (χ0n) is 15.2. The molecule has 6 heteroatoms. The van der Waals surface area contributed by atoms with Crippen LogP contribution in [0.4, 0.5) is 0 Å². The fraction of sp³-hybridized carbons (Fsp3) is 0.778. The predicted octanol–water partition coefficient (Wildman–Crippen LogP) is 2.81. The van der Waals surface area contributed by atoms with E-state index in [2.05, 4.69) is 44.7 Å². The Balaban J connectivity index is 1.37. The highest BCUT2D eigenvalue weighted by Gasteiger charge is 2.33. The van der Waals surface area contributed by atoms with Gasteiger partial charge in [-0.05, 0) is 37.5 Å². The van der Waals surface area contributed by atoms with Gasteiger partial charge in [0, 0.05) is 38.1 Å². The van der Waals surface area contributed by atoms with Crippen LogP contribution in [0.5, 0.6) is 0 Å². The van der Waals surface area contributed by atoms with E-state index in [9.17, 15) is 0 Å². The van der Waals surface area contributed by atoms with Crippen molar-refractivity contribution in [2.75, 3.05) is 26.7 Å². The van der Waals surface area contributed by atoms with Crippen LogP contribution in [-0.2, 0) is 6.54 Å². The van der Waals surface area contributed by atoms with Crippen LogP contribution in [0.25, 0.3) is 0 Å². The molecule has 0 atom stereocenters. The standard InChI is InChI=1S/C18H31N5S/c1-13(2)16-12-24-17(22-16)10-21-18(19-3)20-8-9-23(15-6-7-15)11-14-4-5-14/h12-15H,4-11H2,1-3H3,(H2,19,20,21). The molecule has 2 N–H and O–H groups in total. The maximum absolute atomic E-state index is 4.66. The van der Waals surface area contributed by atoms with Gasteiger partial charge >= 0.3 is 0 Å². The molecule has 0 aliphatic heterocycles. The molecule has 0 amide bonds. The molecule has 2 fully saturated rings. The van der Waals surface area contributed by atoms with E-state index in [1.54, 1.807) is 11.3 Å². The average molecular weight is 350 g/mol. The Kier molecular flexibility index (Phi) is 6.11. The molecule has 1 aromatic heterocycles. The predicted molar refractivity (Wildman–Crippen MR) is 102 cm³/mol. The molecule has 0 radical (unpaired) electrons. The molecule has 134 valence electrons. The number of nitrogens with one attached hydrogen (secondary N) is 2. The van der Waals surface area contributed by atoms with Crippen molar-refractivity contribution >= 4 is 17.3 Å². The van der Waals surface area contributed by atoms with Crippen molar-refractivity contribution in [2.24, 2.45) is 10.9 Å². The maximum atomic E-state index is 4.66. The first-order chi connectivity index (χ1) is 11.7. The van der Waals surface area contributed by atoms with Gasteiger partial charge in [0.05, 0.1) is 12.2 Å². The number of guanidine groups is 1. The van der Waals surface area contributed by atoms with Crippen LogP contribution in [0.15, 0.2) is 10.4 Å². The highest BCUT2D eigenvalue weighted by molar-refractivity contribution is 7.09. The third-order valence-corrected chi connectivity index (χ3v) is 5.60. The second-order valence-electron chi connectivity index (χ2n) is 7.34. The number of rotatable bonds is 9. The molecule has 2 aliphatic carbocycles. The molecule has 0 spiro atoms. The monoisotopic (exact) mass is 349 g/mol. The summed E-state index contributed by atoms with van der Waals surface area (Å²) in [4.78, 5) is 11.7. The minimum Gasteiger partial charge on any atom is -0.355 e. The van der Waals surface area contributed by atoms with Crippen LogP contribution in [0, 0.1) is 5.92 Å². The van der Waals surface area contributed by atoms with Gasteiger partial charge in [0.15, 0.2) is 5.96 Å². The highest BCUT2D eigenvalue weighted by atomic mass is 32.1. The Morgan fingerprint density at radius 1 is 1.33 bits per heavy atom. The number of hydrogen-bond acceptors (Lipinski definition) is 4. The number of aliphatic imine (C=N–C) groups is 1. The van der Waals surface area contributed by atoms with Crippen LogP contribution in [0.3, 0.4) is 0 Å². The van der Waals surface area contributed by atoms with E-state index in [1.807, 2.05) is 7.05 Å². The van der Waals surface area contributed by atoms with Crippen molar-refractivity contribution < 1.29 is 0 Å². The summed E-state index contributed by atoms with van der Waals surface area (Å²) >= 11 is 1.72. The Labute approximate surface area is 150 Å². The van der Waals surface area contributed by atoms with Gasteiger partial charge in [-0.1, -0.05) is 13.8 Å². The summed E-state index contributed by atoms with van der Waals surface area (Å²) in [5.41, 5.74) is 1.18. The molecular weight excluding hydrogens is 318 g/mol. The second-order valence-corrected chi connectivity index (χ2v) is 8.29. The fourth-order valence-electron chi connectivity index (χ4n) is 2.86. The van der Waals surface area contributed by atoms with Crippen LogP contribution in [0.2, 0.25) is 0 Å². The lowest BCUT2D eigenvalue weighted by atomic mass is 10.2.